The minimum absolute atomic E-state index is 0.217. The molecule has 2 aromatic rings. The smallest absolute Gasteiger partial charge is 0.339 e. The monoisotopic (exact) mass is 369 g/mol. The molecule has 0 aliphatic carbocycles. The van der Waals surface area contributed by atoms with E-state index < -0.39 is 40.0 Å². The van der Waals surface area contributed by atoms with E-state index in [0.717, 1.165) is 18.4 Å². The van der Waals surface area contributed by atoms with E-state index >= 15 is 0 Å². The van der Waals surface area contributed by atoms with Gasteiger partial charge in [-0.3, -0.25) is 4.79 Å². The Hall–Kier alpha value is -2.81. The summed E-state index contributed by atoms with van der Waals surface area (Å²) >= 11 is 0. The number of rotatable bonds is 5. The van der Waals surface area contributed by atoms with Crippen LogP contribution in [-0.2, 0) is 19.4 Å². The van der Waals surface area contributed by atoms with E-state index in [4.69, 9.17) is 4.74 Å². The first-order valence-corrected chi connectivity index (χ1v) is 8.79. The van der Waals surface area contributed by atoms with E-state index in [2.05, 4.69) is 5.32 Å². The van der Waals surface area contributed by atoms with Gasteiger partial charge in [0.1, 0.15) is 11.6 Å². The second-order valence-corrected chi connectivity index (χ2v) is 7.00. The Kier molecular flexibility index (Phi) is 5.48. The summed E-state index contributed by atoms with van der Waals surface area (Å²) in [5.41, 5.74) is -0.496. The summed E-state index contributed by atoms with van der Waals surface area (Å²) in [6, 6.07) is 7.92. The predicted octanol–water partition coefficient (Wildman–Crippen LogP) is 2.16. The van der Waals surface area contributed by atoms with Crippen molar-refractivity contribution in [3.05, 3.63) is 59.7 Å². The normalized spacial score (nSPS) is 11.0. The Morgan fingerprint density at radius 1 is 1.12 bits per heavy atom. The summed E-state index contributed by atoms with van der Waals surface area (Å²) in [5, 5.41) is 2.11. The van der Waals surface area contributed by atoms with Gasteiger partial charge < -0.3 is 10.1 Å². The molecule has 0 atom stereocenters. The quantitative estimate of drug-likeness (QED) is 0.816. The van der Waals surface area contributed by atoms with Crippen LogP contribution in [0.4, 0.5) is 14.5 Å². The highest BCUT2D eigenvalue weighted by Gasteiger charge is 2.20. The van der Waals surface area contributed by atoms with Crippen LogP contribution in [0.15, 0.2) is 47.4 Å². The van der Waals surface area contributed by atoms with Gasteiger partial charge in [0.05, 0.1) is 16.1 Å². The lowest BCUT2D eigenvalue weighted by Gasteiger charge is -2.09. The van der Waals surface area contributed by atoms with Gasteiger partial charge in [-0.2, -0.15) is 0 Å². The third-order valence-corrected chi connectivity index (χ3v) is 4.20. The van der Waals surface area contributed by atoms with Gasteiger partial charge in [-0.1, -0.05) is 12.1 Å². The zero-order valence-corrected chi connectivity index (χ0v) is 13.8. The van der Waals surface area contributed by atoms with Crippen LogP contribution in [0.1, 0.15) is 10.4 Å². The molecule has 0 saturated heterocycles. The molecule has 0 aliphatic rings. The maximum Gasteiger partial charge on any atom is 0.339 e. The molecule has 1 N–H and O–H groups in total. The summed E-state index contributed by atoms with van der Waals surface area (Å²) in [5.74, 6) is -3.67. The van der Waals surface area contributed by atoms with Crippen molar-refractivity contribution in [3.8, 4) is 0 Å². The SMILES string of the molecule is CS(=O)(=O)c1ccccc1C(=O)OCC(=O)Nc1ccc(F)cc1F. The second kappa shape index (κ2) is 7.39. The fourth-order valence-corrected chi connectivity index (χ4v) is 2.82. The topological polar surface area (TPSA) is 89.5 Å². The lowest BCUT2D eigenvalue weighted by Crippen LogP contribution is -2.22. The number of ether oxygens (including phenoxy) is 1. The molecule has 25 heavy (non-hydrogen) atoms. The molecule has 9 heteroatoms. The Bertz CT molecular complexity index is 928. The number of benzene rings is 2. The lowest BCUT2D eigenvalue weighted by atomic mass is 10.2. The van der Waals surface area contributed by atoms with Crippen molar-refractivity contribution >= 4 is 27.4 Å². The highest BCUT2D eigenvalue weighted by molar-refractivity contribution is 7.90. The third kappa shape index (κ3) is 4.83. The number of carbonyl (C=O) groups excluding carboxylic acids is 2. The van der Waals surface area contributed by atoms with E-state index in [-0.39, 0.29) is 16.1 Å². The van der Waals surface area contributed by atoms with Crippen molar-refractivity contribution in [1.82, 2.24) is 0 Å². The molecule has 132 valence electrons. The predicted molar refractivity (Wildman–Crippen MR) is 84.8 cm³/mol. The number of halogens is 2. The Morgan fingerprint density at radius 3 is 2.44 bits per heavy atom. The molecule has 0 fully saturated rings. The van der Waals surface area contributed by atoms with Crippen LogP contribution in [-0.4, -0.2) is 33.2 Å². The Labute approximate surface area is 142 Å². The molecule has 0 radical (unpaired) electrons. The maximum atomic E-state index is 13.4. The van der Waals surface area contributed by atoms with Crippen LogP contribution in [0.2, 0.25) is 0 Å². The fourth-order valence-electron chi connectivity index (χ4n) is 1.94. The number of carbonyl (C=O) groups is 2. The summed E-state index contributed by atoms with van der Waals surface area (Å²) in [4.78, 5) is 23.5. The van der Waals surface area contributed by atoms with Crippen molar-refractivity contribution in [2.45, 2.75) is 4.90 Å². The van der Waals surface area contributed by atoms with Crippen LogP contribution < -0.4 is 5.32 Å². The van der Waals surface area contributed by atoms with Gasteiger partial charge in [0.25, 0.3) is 5.91 Å². The number of nitrogens with one attached hydrogen (secondary N) is 1. The largest absolute Gasteiger partial charge is 0.452 e. The molecule has 0 aromatic heterocycles. The van der Waals surface area contributed by atoms with Crippen molar-refractivity contribution in [1.29, 1.82) is 0 Å². The number of anilines is 1. The average molecular weight is 369 g/mol. The lowest BCUT2D eigenvalue weighted by molar-refractivity contribution is -0.119. The molecule has 0 bridgehead atoms. The minimum atomic E-state index is -3.66. The minimum Gasteiger partial charge on any atom is -0.452 e. The number of hydrogen-bond acceptors (Lipinski definition) is 5. The van der Waals surface area contributed by atoms with Crippen molar-refractivity contribution in [2.24, 2.45) is 0 Å². The number of esters is 1. The zero-order valence-electron chi connectivity index (χ0n) is 13.0. The van der Waals surface area contributed by atoms with Gasteiger partial charge in [-0.05, 0) is 24.3 Å². The molecule has 2 aromatic carbocycles. The molecular weight excluding hydrogens is 356 g/mol. The molecule has 1 amide bonds. The molecule has 2 rings (SSSR count). The molecule has 0 aliphatic heterocycles. The van der Waals surface area contributed by atoms with Gasteiger partial charge in [-0.15, -0.1) is 0 Å². The standard InChI is InChI=1S/C16H13F2NO5S/c1-25(22,23)14-5-3-2-4-11(14)16(21)24-9-15(20)19-13-7-6-10(17)8-12(13)18/h2-8H,9H2,1H3,(H,19,20). The van der Waals surface area contributed by atoms with E-state index in [1.165, 1.54) is 24.3 Å². The van der Waals surface area contributed by atoms with Gasteiger partial charge in [0, 0.05) is 12.3 Å². The van der Waals surface area contributed by atoms with Crippen LogP contribution in [0.5, 0.6) is 0 Å². The number of amides is 1. The molecule has 0 unspecified atom stereocenters. The van der Waals surface area contributed by atoms with E-state index in [9.17, 15) is 26.8 Å². The molecule has 0 spiro atoms. The first kappa shape index (κ1) is 18.5. The number of sulfone groups is 1. The maximum absolute atomic E-state index is 13.4. The van der Waals surface area contributed by atoms with E-state index in [1.54, 1.807) is 0 Å². The number of hydrogen-bond donors (Lipinski definition) is 1. The summed E-state index contributed by atoms with van der Waals surface area (Å²) in [6.07, 6.45) is 0.934. The van der Waals surface area contributed by atoms with Crippen LogP contribution in [0.25, 0.3) is 0 Å². The molecule has 0 saturated carbocycles. The molecule has 6 nitrogen and oxygen atoms in total. The summed E-state index contributed by atoms with van der Waals surface area (Å²) < 4.78 is 54.3. The third-order valence-electron chi connectivity index (χ3n) is 3.05. The first-order valence-electron chi connectivity index (χ1n) is 6.89. The van der Waals surface area contributed by atoms with Crippen molar-refractivity contribution in [3.63, 3.8) is 0 Å². The van der Waals surface area contributed by atoms with Crippen molar-refractivity contribution in [2.75, 3.05) is 18.2 Å². The first-order chi connectivity index (χ1) is 11.7. The van der Waals surface area contributed by atoms with Crippen LogP contribution in [0, 0.1) is 11.6 Å². The zero-order chi connectivity index (χ0) is 18.6. The fraction of sp³-hybridized carbons (Fsp3) is 0.125. The van der Waals surface area contributed by atoms with Gasteiger partial charge >= 0.3 is 5.97 Å². The van der Waals surface area contributed by atoms with Gasteiger partial charge in [0.2, 0.25) is 0 Å². The van der Waals surface area contributed by atoms with E-state index in [1.807, 2.05) is 0 Å². The van der Waals surface area contributed by atoms with Crippen LogP contribution in [0.3, 0.4) is 0 Å². The Balaban J connectivity index is 2.04. The average Bonchev–Trinajstić information content (AvgIpc) is 2.54. The summed E-state index contributed by atoms with van der Waals surface area (Å²) in [7, 11) is -3.66. The highest BCUT2D eigenvalue weighted by Crippen LogP contribution is 2.17. The van der Waals surface area contributed by atoms with Gasteiger partial charge in [0.15, 0.2) is 16.4 Å². The van der Waals surface area contributed by atoms with Crippen molar-refractivity contribution < 1.29 is 31.5 Å². The summed E-state index contributed by atoms with van der Waals surface area (Å²) in [6.45, 7) is -0.770. The van der Waals surface area contributed by atoms with Gasteiger partial charge in [-0.25, -0.2) is 22.0 Å². The second-order valence-electron chi connectivity index (χ2n) is 5.02. The van der Waals surface area contributed by atoms with Crippen LogP contribution >= 0.6 is 0 Å². The van der Waals surface area contributed by atoms with E-state index in [0.29, 0.717) is 6.07 Å². The molecule has 0 heterocycles. The highest BCUT2D eigenvalue weighted by atomic mass is 32.2. The molecular formula is C16H13F2NO5S. The Morgan fingerprint density at radius 2 is 1.80 bits per heavy atom.